The van der Waals surface area contributed by atoms with Crippen LogP contribution < -0.4 is 0 Å². The molecule has 3 N–H and O–H groups in total. The van der Waals surface area contributed by atoms with Crippen LogP contribution in [0.2, 0.25) is 0 Å². The minimum Gasteiger partial charge on any atom is -0.507 e. The highest BCUT2D eigenvalue weighted by molar-refractivity contribution is 6.52. The maximum Gasteiger partial charge on any atom is 0.267 e. The van der Waals surface area contributed by atoms with Gasteiger partial charge in [-0.2, -0.15) is 0 Å². The van der Waals surface area contributed by atoms with Crippen molar-refractivity contribution in [3.63, 3.8) is 0 Å². The van der Waals surface area contributed by atoms with Gasteiger partial charge < -0.3 is 20.1 Å². The second-order valence-corrected chi connectivity index (χ2v) is 6.39. The van der Waals surface area contributed by atoms with Gasteiger partial charge in [-0.05, 0) is 48.6 Å². The molecule has 0 spiro atoms. The van der Waals surface area contributed by atoms with E-state index in [1.807, 2.05) is 0 Å². The van der Waals surface area contributed by atoms with E-state index in [0.29, 0.717) is 5.39 Å². The van der Waals surface area contributed by atoms with Crippen LogP contribution in [0.4, 0.5) is 0 Å². The number of aliphatic hydroxyl groups excluding tert-OH is 1. The average Bonchev–Trinajstić information content (AvgIpc) is 2.62. The van der Waals surface area contributed by atoms with Gasteiger partial charge in [-0.3, -0.25) is 9.59 Å². The molecule has 0 bridgehead atoms. The van der Waals surface area contributed by atoms with Gasteiger partial charge in [0.2, 0.25) is 5.78 Å². The third kappa shape index (κ3) is 2.07. The lowest BCUT2D eigenvalue weighted by molar-refractivity contribution is -0.114. The number of aryl methyl sites for hydroxylation is 1. The molecule has 128 valence electrons. The van der Waals surface area contributed by atoms with Crippen molar-refractivity contribution in [3.8, 4) is 11.5 Å². The molecule has 6 nitrogen and oxygen atoms in total. The Bertz CT molecular complexity index is 986. The molecule has 0 amide bonds. The van der Waals surface area contributed by atoms with Crippen LogP contribution in [0.3, 0.4) is 0 Å². The largest absolute Gasteiger partial charge is 0.507 e. The van der Waals surface area contributed by atoms with Gasteiger partial charge in [0.05, 0.1) is 11.7 Å². The number of methoxy groups -OCH3 is 1. The van der Waals surface area contributed by atoms with Crippen molar-refractivity contribution in [1.82, 2.24) is 0 Å². The fraction of sp³-hybridized carbons (Fsp3) is 0.263. The molecule has 6 heteroatoms. The van der Waals surface area contributed by atoms with E-state index in [0.717, 1.165) is 36.5 Å². The number of Topliss-reactive ketones (excluding diaryl/α,β-unsaturated/α-hetero) is 2. The Labute approximate surface area is 143 Å². The Hall–Kier alpha value is -2.86. The molecule has 0 radical (unpaired) electrons. The molecule has 0 saturated heterocycles. The number of benzene rings is 2. The topological polar surface area (TPSA) is 104 Å². The smallest absolute Gasteiger partial charge is 0.267 e. The Balaban J connectivity index is 2.09. The summed E-state index contributed by atoms with van der Waals surface area (Å²) in [5.74, 6) is -3.49. The van der Waals surface area contributed by atoms with Gasteiger partial charge in [-0.1, -0.05) is 0 Å². The summed E-state index contributed by atoms with van der Waals surface area (Å²) in [5, 5.41) is 31.5. The van der Waals surface area contributed by atoms with E-state index < -0.39 is 17.3 Å². The van der Waals surface area contributed by atoms with Gasteiger partial charge in [-0.15, -0.1) is 0 Å². The van der Waals surface area contributed by atoms with Crippen molar-refractivity contribution in [2.45, 2.75) is 25.4 Å². The second kappa shape index (κ2) is 5.32. The summed E-state index contributed by atoms with van der Waals surface area (Å²) in [7, 11) is 1.61. The van der Waals surface area contributed by atoms with E-state index in [1.54, 1.807) is 19.2 Å². The number of carbonyl (C=O) groups is 2. The lowest BCUT2D eigenvalue weighted by Crippen LogP contribution is -2.21. The van der Waals surface area contributed by atoms with E-state index in [4.69, 9.17) is 4.74 Å². The van der Waals surface area contributed by atoms with E-state index in [9.17, 15) is 24.9 Å². The molecular formula is C19H16O6. The van der Waals surface area contributed by atoms with Crippen LogP contribution in [0.15, 0.2) is 17.9 Å². The summed E-state index contributed by atoms with van der Waals surface area (Å²) >= 11 is 0. The van der Waals surface area contributed by atoms with Gasteiger partial charge in [0.25, 0.3) is 5.78 Å². The molecule has 1 atom stereocenters. The molecule has 25 heavy (non-hydrogen) atoms. The van der Waals surface area contributed by atoms with E-state index in [2.05, 4.69) is 0 Å². The number of fused-ring (bicyclic) bond motifs is 3. The van der Waals surface area contributed by atoms with Crippen LogP contribution in [0.1, 0.15) is 46.0 Å². The predicted octanol–water partition coefficient (Wildman–Crippen LogP) is 2.94. The molecule has 4 rings (SSSR count). The molecule has 0 fully saturated rings. The minimum absolute atomic E-state index is 0.0360. The van der Waals surface area contributed by atoms with Crippen LogP contribution in [0, 0.1) is 0 Å². The van der Waals surface area contributed by atoms with Gasteiger partial charge in [0.15, 0.2) is 5.76 Å². The van der Waals surface area contributed by atoms with E-state index >= 15 is 0 Å². The maximum absolute atomic E-state index is 12.2. The van der Waals surface area contributed by atoms with Crippen molar-refractivity contribution in [1.29, 1.82) is 0 Å². The molecule has 2 aliphatic carbocycles. The first kappa shape index (κ1) is 15.7. The summed E-state index contributed by atoms with van der Waals surface area (Å²) < 4.78 is 5.49. The Morgan fingerprint density at radius 2 is 1.76 bits per heavy atom. The first-order chi connectivity index (χ1) is 11.9. The van der Waals surface area contributed by atoms with Crippen LogP contribution in [-0.4, -0.2) is 34.0 Å². The first-order valence-corrected chi connectivity index (χ1v) is 8.01. The highest BCUT2D eigenvalue weighted by Crippen LogP contribution is 2.45. The number of allylic oxidation sites excluding steroid dienone is 1. The zero-order valence-corrected chi connectivity index (χ0v) is 13.5. The van der Waals surface area contributed by atoms with Gasteiger partial charge in [-0.25, -0.2) is 0 Å². The summed E-state index contributed by atoms with van der Waals surface area (Å²) in [4.78, 5) is 23.9. The van der Waals surface area contributed by atoms with E-state index in [1.165, 1.54) is 0 Å². The first-order valence-electron chi connectivity index (χ1n) is 8.01. The quantitative estimate of drug-likeness (QED) is 0.545. The molecule has 0 saturated carbocycles. The summed E-state index contributed by atoms with van der Waals surface area (Å²) in [6.45, 7) is 0. The predicted molar refractivity (Wildman–Crippen MR) is 89.9 cm³/mol. The molecule has 2 aromatic carbocycles. The number of phenols is 2. The third-order valence-electron chi connectivity index (χ3n) is 5.04. The molecule has 2 aromatic rings. The number of hydrogen-bond donors (Lipinski definition) is 3. The number of rotatable bonds is 1. The highest BCUT2D eigenvalue weighted by Gasteiger charge is 2.34. The van der Waals surface area contributed by atoms with Gasteiger partial charge >= 0.3 is 0 Å². The van der Waals surface area contributed by atoms with Crippen LogP contribution in [-0.2, 0) is 16.0 Å². The third-order valence-corrected chi connectivity index (χ3v) is 5.04. The van der Waals surface area contributed by atoms with Gasteiger partial charge in [0, 0.05) is 23.4 Å². The highest BCUT2D eigenvalue weighted by atomic mass is 16.5. The van der Waals surface area contributed by atoms with Crippen molar-refractivity contribution in [2.75, 3.05) is 7.11 Å². The lowest BCUT2D eigenvalue weighted by Gasteiger charge is -2.26. The number of ketones is 2. The van der Waals surface area contributed by atoms with Crippen molar-refractivity contribution >= 4 is 28.4 Å². The SMILES string of the molecule is COC1CCCc2cc3c(O)c4c(c(O)c3cc21)C(=O)C(=O)C(O)=C4. The number of aliphatic hydroxyl groups is 1. The number of hydrogen-bond acceptors (Lipinski definition) is 6. The van der Waals surface area contributed by atoms with Crippen molar-refractivity contribution in [3.05, 3.63) is 40.1 Å². The van der Waals surface area contributed by atoms with Crippen LogP contribution >= 0.6 is 0 Å². The van der Waals surface area contributed by atoms with Crippen molar-refractivity contribution < 1.29 is 29.6 Å². The molecular weight excluding hydrogens is 324 g/mol. The zero-order chi connectivity index (χ0) is 17.9. The molecule has 0 heterocycles. The standard InChI is InChI=1S/C19H16O6/c1-25-14-4-2-3-8-5-10-11(6-9(8)14)17(22)15-12(16(10)21)7-13(20)18(23)19(15)24/h5-7,14,20-22H,2-4H2,1H3. The fourth-order valence-corrected chi connectivity index (χ4v) is 3.78. The Morgan fingerprint density at radius 3 is 2.48 bits per heavy atom. The Morgan fingerprint density at radius 1 is 1.04 bits per heavy atom. The molecule has 0 aromatic heterocycles. The molecule has 2 aliphatic rings. The monoisotopic (exact) mass is 340 g/mol. The number of phenolic OH excluding ortho intramolecular Hbond substituents is 2. The maximum atomic E-state index is 12.2. The molecule has 1 unspecified atom stereocenters. The number of carbonyl (C=O) groups excluding carboxylic acids is 2. The second-order valence-electron chi connectivity index (χ2n) is 6.39. The zero-order valence-electron chi connectivity index (χ0n) is 13.5. The number of ether oxygens (including phenoxy) is 1. The lowest BCUT2D eigenvalue weighted by atomic mass is 9.84. The molecule has 0 aliphatic heterocycles. The summed E-state index contributed by atoms with van der Waals surface area (Å²) in [6, 6.07) is 3.49. The summed E-state index contributed by atoms with van der Waals surface area (Å²) in [6.07, 6.45) is 3.52. The summed E-state index contributed by atoms with van der Waals surface area (Å²) in [5.41, 5.74) is 1.60. The van der Waals surface area contributed by atoms with Crippen molar-refractivity contribution in [2.24, 2.45) is 0 Å². The minimum atomic E-state index is -1.10. The van der Waals surface area contributed by atoms with Gasteiger partial charge in [0.1, 0.15) is 11.5 Å². The average molecular weight is 340 g/mol. The number of aromatic hydroxyl groups is 2. The van der Waals surface area contributed by atoms with Crippen LogP contribution in [0.25, 0.3) is 16.8 Å². The fourth-order valence-electron chi connectivity index (χ4n) is 3.78. The normalized spacial score (nSPS) is 19.6. The van der Waals surface area contributed by atoms with E-state index in [-0.39, 0.29) is 34.1 Å². The Kier molecular flexibility index (Phi) is 3.33. The van der Waals surface area contributed by atoms with Crippen LogP contribution in [0.5, 0.6) is 11.5 Å².